The van der Waals surface area contributed by atoms with Gasteiger partial charge in [-0.05, 0) is 62.6 Å². The Morgan fingerprint density at radius 1 is 1.30 bits per heavy atom. The Kier molecular flexibility index (Phi) is 6.21. The molecule has 1 aromatic carbocycles. The number of aryl methyl sites for hydroxylation is 3. The first-order valence-electron chi connectivity index (χ1n) is 7.25. The number of rotatable bonds is 6. The van der Waals surface area contributed by atoms with E-state index in [1.807, 2.05) is 0 Å². The Hall–Kier alpha value is -1.35. The Bertz CT molecular complexity index is 468. The van der Waals surface area contributed by atoms with Crippen molar-refractivity contribution in [1.29, 1.82) is 0 Å². The Morgan fingerprint density at radius 3 is 2.55 bits per heavy atom. The molecule has 2 unspecified atom stereocenters. The lowest BCUT2D eigenvalue weighted by Gasteiger charge is -2.17. The molecule has 112 valence electrons. The standard InChI is InChI=1S/C17H27NO2/c1-11(10-16(18)17(19)20-5)6-7-15-9-12(2)8-13(3)14(15)4/h8-9,11,16H,6-7,10,18H2,1-5H3. The fraction of sp³-hybridized carbons (Fsp3) is 0.588. The summed E-state index contributed by atoms with van der Waals surface area (Å²) in [5.74, 6) is 0.0868. The van der Waals surface area contributed by atoms with Gasteiger partial charge < -0.3 is 10.5 Å². The number of methoxy groups -OCH3 is 1. The summed E-state index contributed by atoms with van der Waals surface area (Å²) in [5, 5.41) is 0. The predicted octanol–water partition coefficient (Wildman–Crippen LogP) is 3.07. The summed E-state index contributed by atoms with van der Waals surface area (Å²) in [5.41, 5.74) is 11.2. The normalized spacial score (nSPS) is 13.9. The van der Waals surface area contributed by atoms with Crippen LogP contribution in [-0.2, 0) is 16.0 Å². The van der Waals surface area contributed by atoms with Gasteiger partial charge in [-0.2, -0.15) is 0 Å². The molecule has 0 aliphatic heterocycles. The van der Waals surface area contributed by atoms with Crippen LogP contribution in [0, 0.1) is 26.7 Å². The van der Waals surface area contributed by atoms with Gasteiger partial charge in [0, 0.05) is 0 Å². The van der Waals surface area contributed by atoms with E-state index in [1.165, 1.54) is 29.4 Å². The summed E-state index contributed by atoms with van der Waals surface area (Å²) in [6.07, 6.45) is 2.74. The van der Waals surface area contributed by atoms with Gasteiger partial charge in [-0.25, -0.2) is 0 Å². The van der Waals surface area contributed by atoms with Crippen molar-refractivity contribution in [3.63, 3.8) is 0 Å². The first-order chi connectivity index (χ1) is 9.35. The van der Waals surface area contributed by atoms with Gasteiger partial charge in [-0.15, -0.1) is 0 Å². The molecule has 2 atom stereocenters. The van der Waals surface area contributed by atoms with Gasteiger partial charge in [-0.3, -0.25) is 4.79 Å². The molecule has 0 bridgehead atoms. The van der Waals surface area contributed by atoms with Crippen molar-refractivity contribution < 1.29 is 9.53 Å². The Morgan fingerprint density at radius 2 is 1.95 bits per heavy atom. The molecule has 3 heteroatoms. The molecule has 1 rings (SSSR count). The second-order valence-electron chi connectivity index (χ2n) is 5.88. The summed E-state index contributed by atoms with van der Waals surface area (Å²) in [4.78, 5) is 11.3. The molecule has 0 aliphatic carbocycles. The van der Waals surface area contributed by atoms with Crippen LogP contribution in [0.25, 0.3) is 0 Å². The maximum Gasteiger partial charge on any atom is 0.322 e. The number of hydrogen-bond acceptors (Lipinski definition) is 3. The van der Waals surface area contributed by atoms with E-state index in [2.05, 4.69) is 44.6 Å². The summed E-state index contributed by atoms with van der Waals surface area (Å²) in [6, 6.07) is 3.97. The van der Waals surface area contributed by atoms with Gasteiger partial charge in [-0.1, -0.05) is 24.6 Å². The molecule has 0 fully saturated rings. The van der Waals surface area contributed by atoms with Crippen molar-refractivity contribution in [3.05, 3.63) is 34.4 Å². The average Bonchev–Trinajstić information content (AvgIpc) is 2.40. The molecule has 20 heavy (non-hydrogen) atoms. The molecule has 0 heterocycles. The molecule has 0 saturated carbocycles. The zero-order valence-electron chi connectivity index (χ0n) is 13.3. The SMILES string of the molecule is COC(=O)C(N)CC(C)CCc1cc(C)cc(C)c1C. The number of carbonyl (C=O) groups is 1. The van der Waals surface area contributed by atoms with E-state index < -0.39 is 6.04 Å². The minimum atomic E-state index is -0.504. The second-order valence-corrected chi connectivity index (χ2v) is 5.88. The number of ether oxygens (including phenoxy) is 1. The van der Waals surface area contributed by atoms with E-state index in [-0.39, 0.29) is 5.97 Å². The van der Waals surface area contributed by atoms with Crippen LogP contribution in [0.15, 0.2) is 12.1 Å². The highest BCUT2D eigenvalue weighted by molar-refractivity contribution is 5.75. The first-order valence-corrected chi connectivity index (χ1v) is 7.25. The topological polar surface area (TPSA) is 52.3 Å². The highest BCUT2D eigenvalue weighted by atomic mass is 16.5. The zero-order chi connectivity index (χ0) is 15.3. The van der Waals surface area contributed by atoms with E-state index in [4.69, 9.17) is 5.73 Å². The van der Waals surface area contributed by atoms with Crippen molar-refractivity contribution in [2.24, 2.45) is 11.7 Å². The summed E-state index contributed by atoms with van der Waals surface area (Å²) < 4.78 is 4.66. The molecular formula is C17H27NO2. The molecule has 0 radical (unpaired) electrons. The van der Waals surface area contributed by atoms with Gasteiger partial charge >= 0.3 is 5.97 Å². The largest absolute Gasteiger partial charge is 0.468 e. The van der Waals surface area contributed by atoms with E-state index in [1.54, 1.807) is 0 Å². The lowest BCUT2D eigenvalue weighted by atomic mass is 9.91. The van der Waals surface area contributed by atoms with Crippen molar-refractivity contribution in [2.75, 3.05) is 7.11 Å². The van der Waals surface area contributed by atoms with E-state index in [9.17, 15) is 4.79 Å². The molecule has 0 spiro atoms. The first kappa shape index (κ1) is 16.7. The molecule has 0 amide bonds. The molecule has 3 nitrogen and oxygen atoms in total. The van der Waals surface area contributed by atoms with Crippen LogP contribution in [-0.4, -0.2) is 19.1 Å². The average molecular weight is 277 g/mol. The number of carbonyl (C=O) groups excluding carboxylic acids is 1. The summed E-state index contributed by atoms with van der Waals surface area (Å²) in [6.45, 7) is 8.60. The molecule has 0 aliphatic rings. The van der Waals surface area contributed by atoms with Crippen LogP contribution >= 0.6 is 0 Å². The third-order valence-electron chi connectivity index (χ3n) is 3.99. The minimum Gasteiger partial charge on any atom is -0.468 e. The molecule has 1 aromatic rings. The van der Waals surface area contributed by atoms with Gasteiger partial charge in [0.25, 0.3) is 0 Å². The van der Waals surface area contributed by atoms with Crippen LogP contribution in [0.1, 0.15) is 42.0 Å². The summed E-state index contributed by atoms with van der Waals surface area (Å²) in [7, 11) is 1.38. The third-order valence-corrected chi connectivity index (χ3v) is 3.99. The molecule has 0 saturated heterocycles. The second kappa shape index (κ2) is 7.44. The fourth-order valence-corrected chi connectivity index (χ4v) is 2.59. The molecule has 2 N–H and O–H groups in total. The van der Waals surface area contributed by atoms with Crippen LogP contribution in [0.2, 0.25) is 0 Å². The maximum atomic E-state index is 11.3. The summed E-state index contributed by atoms with van der Waals surface area (Å²) >= 11 is 0. The van der Waals surface area contributed by atoms with Gasteiger partial charge in [0.1, 0.15) is 6.04 Å². The Labute approximate surface area is 122 Å². The lowest BCUT2D eigenvalue weighted by molar-refractivity contribution is -0.142. The van der Waals surface area contributed by atoms with Gasteiger partial charge in [0.05, 0.1) is 7.11 Å². The molecule has 0 aromatic heterocycles. The van der Waals surface area contributed by atoms with E-state index >= 15 is 0 Å². The quantitative estimate of drug-likeness (QED) is 0.813. The number of hydrogen-bond donors (Lipinski definition) is 1. The maximum absolute atomic E-state index is 11.3. The van der Waals surface area contributed by atoms with Crippen LogP contribution in [0.5, 0.6) is 0 Å². The number of esters is 1. The lowest BCUT2D eigenvalue weighted by Crippen LogP contribution is -2.33. The van der Waals surface area contributed by atoms with Gasteiger partial charge in [0.15, 0.2) is 0 Å². The third kappa shape index (κ3) is 4.64. The van der Waals surface area contributed by atoms with Crippen LogP contribution < -0.4 is 5.73 Å². The van der Waals surface area contributed by atoms with Crippen molar-refractivity contribution in [2.45, 2.75) is 53.0 Å². The van der Waals surface area contributed by atoms with Crippen molar-refractivity contribution in [1.82, 2.24) is 0 Å². The minimum absolute atomic E-state index is 0.320. The smallest absolute Gasteiger partial charge is 0.322 e. The monoisotopic (exact) mass is 277 g/mol. The molecular weight excluding hydrogens is 250 g/mol. The van der Waals surface area contributed by atoms with E-state index in [0.717, 1.165) is 12.8 Å². The zero-order valence-corrected chi connectivity index (χ0v) is 13.3. The van der Waals surface area contributed by atoms with Crippen molar-refractivity contribution >= 4 is 5.97 Å². The fourth-order valence-electron chi connectivity index (χ4n) is 2.59. The van der Waals surface area contributed by atoms with Crippen LogP contribution in [0.4, 0.5) is 0 Å². The highest BCUT2D eigenvalue weighted by Crippen LogP contribution is 2.20. The number of benzene rings is 1. The van der Waals surface area contributed by atoms with E-state index in [0.29, 0.717) is 12.3 Å². The van der Waals surface area contributed by atoms with Gasteiger partial charge in [0.2, 0.25) is 0 Å². The highest BCUT2D eigenvalue weighted by Gasteiger charge is 2.17. The van der Waals surface area contributed by atoms with Crippen molar-refractivity contribution in [3.8, 4) is 0 Å². The van der Waals surface area contributed by atoms with Crippen LogP contribution in [0.3, 0.4) is 0 Å². The number of nitrogens with two attached hydrogens (primary N) is 1. The predicted molar refractivity (Wildman–Crippen MR) is 82.7 cm³/mol. The Balaban J connectivity index is 2.57.